The average molecular weight is 238 g/mol. The van der Waals surface area contributed by atoms with Gasteiger partial charge in [-0.15, -0.1) is 0 Å². The van der Waals surface area contributed by atoms with Crippen LogP contribution in [0.1, 0.15) is 12.8 Å². The fraction of sp³-hybridized carbons (Fsp3) is 0.333. The highest BCUT2D eigenvalue weighted by Gasteiger charge is 2.04. The Hall–Kier alpha value is -1.88. The van der Waals surface area contributed by atoms with Crippen LogP contribution in [0.3, 0.4) is 0 Å². The standard InChI is InChI=1S/C12H14O5/c13-11(14)6-8-16-9-7-12(15)17-10-4-2-1-3-5-10/h1-5H,6-9H2,(H,13,14). The molecule has 0 amide bonds. The number of hydrogen-bond donors (Lipinski definition) is 1. The quantitative estimate of drug-likeness (QED) is 0.442. The Morgan fingerprint density at radius 1 is 1.06 bits per heavy atom. The molecular formula is C12H14O5. The van der Waals surface area contributed by atoms with E-state index in [9.17, 15) is 9.59 Å². The topological polar surface area (TPSA) is 72.8 Å². The molecule has 1 rings (SSSR count). The number of aliphatic carboxylic acids is 1. The minimum atomic E-state index is -0.920. The van der Waals surface area contributed by atoms with Crippen molar-refractivity contribution in [2.75, 3.05) is 13.2 Å². The first-order chi connectivity index (χ1) is 8.18. The van der Waals surface area contributed by atoms with Crippen LogP contribution in [0.25, 0.3) is 0 Å². The molecule has 0 heterocycles. The van der Waals surface area contributed by atoms with Gasteiger partial charge in [0.15, 0.2) is 0 Å². The largest absolute Gasteiger partial charge is 0.481 e. The Balaban J connectivity index is 2.12. The van der Waals surface area contributed by atoms with Crippen molar-refractivity contribution in [1.82, 2.24) is 0 Å². The van der Waals surface area contributed by atoms with E-state index in [0.717, 1.165) is 0 Å². The number of rotatable bonds is 7. The lowest BCUT2D eigenvalue weighted by Crippen LogP contribution is -2.12. The Kier molecular flexibility index (Phi) is 5.74. The van der Waals surface area contributed by atoms with Crippen molar-refractivity contribution in [1.29, 1.82) is 0 Å². The Labute approximate surface area is 99.0 Å². The Morgan fingerprint density at radius 2 is 1.71 bits per heavy atom. The predicted molar refractivity (Wildman–Crippen MR) is 59.8 cm³/mol. The number of carbonyl (C=O) groups is 2. The molecule has 0 aliphatic carbocycles. The summed E-state index contributed by atoms with van der Waals surface area (Å²) in [5.74, 6) is -0.827. The van der Waals surface area contributed by atoms with Crippen molar-refractivity contribution in [2.24, 2.45) is 0 Å². The predicted octanol–water partition coefficient (Wildman–Crippen LogP) is 1.47. The first kappa shape index (κ1) is 13.2. The Bertz CT molecular complexity index is 360. The van der Waals surface area contributed by atoms with Crippen LogP contribution in [-0.4, -0.2) is 30.3 Å². The lowest BCUT2D eigenvalue weighted by atomic mass is 10.3. The third kappa shape index (κ3) is 6.32. The first-order valence-corrected chi connectivity index (χ1v) is 5.24. The van der Waals surface area contributed by atoms with Gasteiger partial charge in [0.25, 0.3) is 0 Å². The summed E-state index contributed by atoms with van der Waals surface area (Å²) in [4.78, 5) is 21.5. The summed E-state index contributed by atoms with van der Waals surface area (Å²) in [5, 5.41) is 8.35. The second kappa shape index (κ2) is 7.40. The lowest BCUT2D eigenvalue weighted by Gasteiger charge is -2.04. The molecule has 0 radical (unpaired) electrons. The van der Waals surface area contributed by atoms with Crippen LogP contribution in [0.4, 0.5) is 0 Å². The van der Waals surface area contributed by atoms with Crippen LogP contribution in [0.2, 0.25) is 0 Å². The molecular weight excluding hydrogens is 224 g/mol. The van der Waals surface area contributed by atoms with Crippen molar-refractivity contribution >= 4 is 11.9 Å². The van der Waals surface area contributed by atoms with Crippen LogP contribution in [0, 0.1) is 0 Å². The molecule has 5 nitrogen and oxygen atoms in total. The van der Waals surface area contributed by atoms with Gasteiger partial charge >= 0.3 is 11.9 Å². The van der Waals surface area contributed by atoms with Crippen LogP contribution in [-0.2, 0) is 14.3 Å². The van der Waals surface area contributed by atoms with Gasteiger partial charge in [0.1, 0.15) is 5.75 Å². The molecule has 0 saturated heterocycles. The molecule has 0 aliphatic heterocycles. The minimum Gasteiger partial charge on any atom is -0.481 e. The number of carboxylic acids is 1. The van der Waals surface area contributed by atoms with E-state index in [4.69, 9.17) is 14.6 Å². The molecule has 0 atom stereocenters. The molecule has 1 N–H and O–H groups in total. The summed E-state index contributed by atoms with van der Waals surface area (Å²) >= 11 is 0. The smallest absolute Gasteiger partial charge is 0.313 e. The van der Waals surface area contributed by atoms with Gasteiger partial charge in [-0.1, -0.05) is 18.2 Å². The second-order valence-corrected chi connectivity index (χ2v) is 3.29. The van der Waals surface area contributed by atoms with Gasteiger partial charge in [-0.3, -0.25) is 9.59 Å². The minimum absolute atomic E-state index is 0.0618. The third-order valence-electron chi connectivity index (χ3n) is 1.89. The molecule has 0 saturated carbocycles. The number of para-hydroxylation sites is 1. The maximum absolute atomic E-state index is 11.3. The van der Waals surface area contributed by atoms with E-state index >= 15 is 0 Å². The first-order valence-electron chi connectivity index (χ1n) is 5.24. The molecule has 0 spiro atoms. The van der Waals surface area contributed by atoms with Gasteiger partial charge in [0, 0.05) is 0 Å². The number of esters is 1. The molecule has 0 aromatic heterocycles. The summed E-state index contributed by atoms with van der Waals surface area (Å²) < 4.78 is 9.98. The summed E-state index contributed by atoms with van der Waals surface area (Å²) in [6.07, 6.45) is 0.0439. The maximum Gasteiger partial charge on any atom is 0.313 e. The third-order valence-corrected chi connectivity index (χ3v) is 1.89. The highest BCUT2D eigenvalue weighted by atomic mass is 16.5. The fourth-order valence-electron chi connectivity index (χ4n) is 1.09. The van der Waals surface area contributed by atoms with E-state index < -0.39 is 11.9 Å². The van der Waals surface area contributed by atoms with Gasteiger partial charge in [-0.05, 0) is 12.1 Å². The maximum atomic E-state index is 11.3. The van der Waals surface area contributed by atoms with Gasteiger partial charge < -0.3 is 14.6 Å². The number of hydrogen-bond acceptors (Lipinski definition) is 4. The zero-order chi connectivity index (χ0) is 12.5. The van der Waals surface area contributed by atoms with Crippen molar-refractivity contribution in [2.45, 2.75) is 12.8 Å². The zero-order valence-electron chi connectivity index (χ0n) is 9.30. The van der Waals surface area contributed by atoms with Gasteiger partial charge in [-0.25, -0.2) is 0 Å². The van der Waals surface area contributed by atoms with Crippen molar-refractivity contribution in [3.8, 4) is 5.75 Å². The molecule has 1 aromatic rings. The second-order valence-electron chi connectivity index (χ2n) is 3.29. The molecule has 17 heavy (non-hydrogen) atoms. The lowest BCUT2D eigenvalue weighted by molar-refractivity contribution is -0.138. The summed E-state index contributed by atoms with van der Waals surface area (Å²) in [7, 11) is 0. The van der Waals surface area contributed by atoms with E-state index in [2.05, 4.69) is 0 Å². The average Bonchev–Trinajstić information content (AvgIpc) is 2.29. The molecule has 1 aromatic carbocycles. The van der Waals surface area contributed by atoms with Crippen LogP contribution >= 0.6 is 0 Å². The SMILES string of the molecule is O=C(O)CCOCCC(=O)Oc1ccccc1. The van der Waals surface area contributed by atoms with E-state index in [1.807, 2.05) is 6.07 Å². The summed E-state index contributed by atoms with van der Waals surface area (Å²) in [5.41, 5.74) is 0. The summed E-state index contributed by atoms with van der Waals surface area (Å²) in [6.45, 7) is 0.271. The molecule has 0 aliphatic rings. The van der Waals surface area contributed by atoms with Crippen molar-refractivity contribution < 1.29 is 24.2 Å². The van der Waals surface area contributed by atoms with E-state index in [-0.39, 0.29) is 26.1 Å². The molecule has 92 valence electrons. The molecule has 5 heteroatoms. The number of ether oxygens (including phenoxy) is 2. The molecule has 0 fully saturated rings. The van der Waals surface area contributed by atoms with Crippen molar-refractivity contribution in [3.05, 3.63) is 30.3 Å². The van der Waals surface area contributed by atoms with Crippen LogP contribution in [0.5, 0.6) is 5.75 Å². The fourth-order valence-corrected chi connectivity index (χ4v) is 1.09. The van der Waals surface area contributed by atoms with Crippen LogP contribution < -0.4 is 4.74 Å². The van der Waals surface area contributed by atoms with E-state index in [0.29, 0.717) is 5.75 Å². The van der Waals surface area contributed by atoms with Gasteiger partial charge in [0.2, 0.25) is 0 Å². The highest BCUT2D eigenvalue weighted by molar-refractivity contribution is 5.72. The van der Waals surface area contributed by atoms with E-state index in [1.165, 1.54) is 0 Å². The van der Waals surface area contributed by atoms with Crippen LogP contribution in [0.15, 0.2) is 30.3 Å². The Morgan fingerprint density at radius 3 is 2.35 bits per heavy atom. The van der Waals surface area contributed by atoms with Crippen molar-refractivity contribution in [3.63, 3.8) is 0 Å². The number of benzene rings is 1. The number of carboxylic acid groups (broad SMARTS) is 1. The zero-order valence-corrected chi connectivity index (χ0v) is 9.30. The normalized spacial score (nSPS) is 9.88. The van der Waals surface area contributed by atoms with E-state index in [1.54, 1.807) is 24.3 Å². The monoisotopic (exact) mass is 238 g/mol. The summed E-state index contributed by atoms with van der Waals surface area (Å²) in [6, 6.07) is 8.73. The molecule has 0 unspecified atom stereocenters. The molecule has 0 bridgehead atoms. The number of carbonyl (C=O) groups excluding carboxylic acids is 1. The van der Waals surface area contributed by atoms with Gasteiger partial charge in [0.05, 0.1) is 26.1 Å². The van der Waals surface area contributed by atoms with Gasteiger partial charge in [-0.2, -0.15) is 0 Å². The highest BCUT2D eigenvalue weighted by Crippen LogP contribution is 2.09.